The van der Waals surface area contributed by atoms with Crippen molar-refractivity contribution in [3.05, 3.63) is 0 Å². The van der Waals surface area contributed by atoms with E-state index in [1.54, 1.807) is 20.8 Å². The van der Waals surface area contributed by atoms with Crippen molar-refractivity contribution in [2.24, 2.45) is 22.7 Å². The molecule has 14 heteroatoms. The molecule has 49 heavy (non-hydrogen) atoms. The van der Waals surface area contributed by atoms with Crippen molar-refractivity contribution in [3.8, 4) is 0 Å². The molecule has 0 radical (unpaired) electrons. The Hall–Kier alpha value is -2.74. The summed E-state index contributed by atoms with van der Waals surface area (Å²) in [5.74, 6) is -2.81. The van der Waals surface area contributed by atoms with Gasteiger partial charge in [0.25, 0.3) is 5.91 Å². The molecule has 1 unspecified atom stereocenters. The average Bonchev–Trinajstić information content (AvgIpc) is 3.30. The number of fused-ring (bicyclic) bond motifs is 1. The number of Topliss-reactive ketones (excluding diaryl/α,β-unsaturated/α-hetero) is 1. The number of likely N-dealkylation sites (tertiary alicyclic amines) is 1. The van der Waals surface area contributed by atoms with E-state index in [4.69, 9.17) is 4.74 Å². The van der Waals surface area contributed by atoms with Crippen molar-refractivity contribution in [3.63, 3.8) is 0 Å². The van der Waals surface area contributed by atoms with Crippen LogP contribution >= 0.6 is 0 Å². The Labute approximate surface area is 293 Å². The zero-order chi connectivity index (χ0) is 37.2. The maximum atomic E-state index is 14.4. The Bertz CT molecular complexity index is 1360. The minimum atomic E-state index is -3.57. The molecule has 0 aromatic rings. The number of urea groups is 1. The number of piperidine rings is 1. The highest BCUT2D eigenvalue weighted by Crippen LogP contribution is 2.65. The van der Waals surface area contributed by atoms with E-state index in [1.807, 2.05) is 41.5 Å². The van der Waals surface area contributed by atoms with Crippen molar-refractivity contribution in [2.45, 2.75) is 136 Å². The summed E-state index contributed by atoms with van der Waals surface area (Å²) < 4.78 is 30.5. The molecule has 0 aromatic carbocycles. The van der Waals surface area contributed by atoms with Gasteiger partial charge in [-0.3, -0.25) is 19.2 Å². The highest BCUT2D eigenvalue weighted by Gasteiger charge is 2.70. The zero-order valence-corrected chi connectivity index (χ0v) is 32.1. The van der Waals surface area contributed by atoms with Crippen LogP contribution in [0.15, 0.2) is 0 Å². The monoisotopic (exact) mass is 711 g/mol. The number of rotatable bonds is 14. The molecule has 1 heterocycles. The summed E-state index contributed by atoms with van der Waals surface area (Å²) in [4.78, 5) is 69.3. The van der Waals surface area contributed by atoms with E-state index in [9.17, 15) is 32.4 Å². The SMILES string of the molecule is CCCC(NC(=O)[C@@H]1[C@@H]2[C@H](CN1C(=O)[C@@H](NC(=O)NC1(CS(=O)(=O)C(C)(C)C)CCCCC1)C(C)(C)C)C2(C)C)C(=O)C(=O)NCCOC. The normalized spacial score (nSPS) is 24.2. The second-order valence-electron chi connectivity index (χ2n) is 17.0. The van der Waals surface area contributed by atoms with Crippen LogP contribution in [0, 0.1) is 22.7 Å². The van der Waals surface area contributed by atoms with E-state index < -0.39 is 73.2 Å². The molecule has 280 valence electrons. The highest BCUT2D eigenvalue weighted by atomic mass is 32.2. The number of sulfone groups is 1. The van der Waals surface area contributed by atoms with Gasteiger partial charge in [-0.25, -0.2) is 13.2 Å². The first-order chi connectivity index (χ1) is 22.5. The van der Waals surface area contributed by atoms with Crippen LogP contribution < -0.4 is 21.3 Å². The molecule has 5 amide bonds. The van der Waals surface area contributed by atoms with Crippen molar-refractivity contribution < 1.29 is 37.1 Å². The van der Waals surface area contributed by atoms with E-state index in [1.165, 1.54) is 12.0 Å². The molecule has 1 saturated heterocycles. The number of ether oxygens (including phenoxy) is 1. The standard InChI is InChI=1S/C35H61N5O8S/c1-11-15-23(26(41)29(43)36-18-19-48-10)37-28(42)25-24-22(34(24,8)9)20-40(25)30(44)27(32(2,3)4)38-31(45)39-35(16-13-12-14-17-35)21-49(46,47)33(5,6)7/h22-25,27H,11-21H2,1-10H3,(H,36,43)(H,37,42)(H2,38,39,45)/t22-,23?,24-,25-,27+/m0/s1. The summed E-state index contributed by atoms with van der Waals surface area (Å²) in [6, 6.07) is -3.62. The van der Waals surface area contributed by atoms with E-state index in [0.29, 0.717) is 25.8 Å². The van der Waals surface area contributed by atoms with Crippen LogP contribution in [0.1, 0.15) is 107 Å². The number of amides is 5. The van der Waals surface area contributed by atoms with Crippen molar-refractivity contribution >= 4 is 39.4 Å². The van der Waals surface area contributed by atoms with Crippen LogP contribution in [0.2, 0.25) is 0 Å². The zero-order valence-electron chi connectivity index (χ0n) is 31.3. The largest absolute Gasteiger partial charge is 0.383 e. The molecule has 13 nitrogen and oxygen atoms in total. The second kappa shape index (κ2) is 15.2. The van der Waals surface area contributed by atoms with Crippen molar-refractivity contribution in [1.82, 2.24) is 26.2 Å². The lowest BCUT2D eigenvalue weighted by Crippen LogP contribution is -2.64. The van der Waals surface area contributed by atoms with Gasteiger partial charge in [-0.05, 0) is 62.7 Å². The Morgan fingerprint density at radius 1 is 0.959 bits per heavy atom. The summed E-state index contributed by atoms with van der Waals surface area (Å²) in [5, 5.41) is 11.2. The van der Waals surface area contributed by atoms with Gasteiger partial charge >= 0.3 is 6.03 Å². The fourth-order valence-electron chi connectivity index (χ4n) is 7.48. The van der Waals surface area contributed by atoms with E-state index in [-0.39, 0.29) is 42.6 Å². The summed E-state index contributed by atoms with van der Waals surface area (Å²) in [6.45, 7) is 17.1. The number of ketones is 1. The molecule has 0 bridgehead atoms. The van der Waals surface area contributed by atoms with Crippen LogP contribution in [0.5, 0.6) is 0 Å². The van der Waals surface area contributed by atoms with Crippen LogP contribution in [-0.4, -0.2) is 104 Å². The molecular weight excluding hydrogens is 650 g/mol. The molecule has 1 aliphatic heterocycles. The molecule has 3 fully saturated rings. The van der Waals surface area contributed by atoms with Crippen LogP contribution in [-0.2, 0) is 33.8 Å². The van der Waals surface area contributed by atoms with Crippen LogP contribution in [0.4, 0.5) is 4.79 Å². The minimum absolute atomic E-state index is 0.0485. The number of nitrogens with zero attached hydrogens (tertiary/aromatic N) is 1. The molecule has 4 N–H and O–H groups in total. The fourth-order valence-corrected chi connectivity index (χ4v) is 9.00. The Morgan fingerprint density at radius 2 is 1.57 bits per heavy atom. The fraction of sp³-hybridized carbons (Fsp3) is 0.857. The van der Waals surface area contributed by atoms with Gasteiger partial charge in [0.05, 0.1) is 28.7 Å². The number of carbonyl (C=O) groups is 5. The third-order valence-corrected chi connectivity index (χ3v) is 13.6. The molecule has 2 aliphatic carbocycles. The smallest absolute Gasteiger partial charge is 0.315 e. The predicted molar refractivity (Wildman–Crippen MR) is 187 cm³/mol. The number of nitrogens with one attached hydrogen (secondary N) is 4. The molecule has 5 atom stereocenters. The number of hydrogen-bond acceptors (Lipinski definition) is 8. The first kappa shape index (κ1) is 40.7. The Kier molecular flexibility index (Phi) is 12.7. The van der Waals surface area contributed by atoms with Crippen LogP contribution in [0.25, 0.3) is 0 Å². The minimum Gasteiger partial charge on any atom is -0.383 e. The molecule has 2 saturated carbocycles. The van der Waals surface area contributed by atoms with Gasteiger partial charge in [-0.15, -0.1) is 0 Å². The first-order valence-electron chi connectivity index (χ1n) is 17.8. The average molecular weight is 712 g/mol. The van der Waals surface area contributed by atoms with Gasteiger partial charge in [0.1, 0.15) is 12.1 Å². The maximum Gasteiger partial charge on any atom is 0.315 e. The Morgan fingerprint density at radius 3 is 2.10 bits per heavy atom. The number of carbonyl (C=O) groups excluding carboxylic acids is 5. The third kappa shape index (κ3) is 9.33. The predicted octanol–water partition coefficient (Wildman–Crippen LogP) is 2.72. The molecule has 0 spiro atoms. The van der Waals surface area contributed by atoms with Gasteiger partial charge in [0.15, 0.2) is 9.84 Å². The quantitative estimate of drug-likeness (QED) is 0.157. The Balaban J connectivity index is 1.84. The summed E-state index contributed by atoms with van der Waals surface area (Å²) in [7, 11) is -2.08. The molecule has 3 rings (SSSR count). The molecular formula is C35H61N5O8S. The summed E-state index contributed by atoms with van der Waals surface area (Å²) in [5.41, 5.74) is -1.94. The topological polar surface area (TPSA) is 180 Å². The maximum absolute atomic E-state index is 14.4. The lowest BCUT2D eigenvalue weighted by atomic mass is 9.83. The van der Waals surface area contributed by atoms with E-state index >= 15 is 0 Å². The van der Waals surface area contributed by atoms with Gasteiger partial charge in [-0.1, -0.05) is 67.2 Å². The van der Waals surface area contributed by atoms with Crippen LogP contribution in [0.3, 0.4) is 0 Å². The van der Waals surface area contributed by atoms with Gasteiger partial charge in [-0.2, -0.15) is 0 Å². The van der Waals surface area contributed by atoms with Crippen molar-refractivity contribution in [1.29, 1.82) is 0 Å². The first-order valence-corrected chi connectivity index (χ1v) is 19.4. The number of hydrogen-bond donors (Lipinski definition) is 4. The lowest BCUT2D eigenvalue weighted by Gasteiger charge is -2.41. The lowest BCUT2D eigenvalue weighted by molar-refractivity contribution is -0.145. The number of methoxy groups -OCH3 is 1. The van der Waals surface area contributed by atoms with Gasteiger partial charge in [0.2, 0.25) is 17.6 Å². The van der Waals surface area contributed by atoms with Gasteiger partial charge < -0.3 is 30.9 Å². The van der Waals surface area contributed by atoms with E-state index in [0.717, 1.165) is 19.3 Å². The third-order valence-electron chi connectivity index (χ3n) is 10.8. The summed E-state index contributed by atoms with van der Waals surface area (Å²) >= 11 is 0. The van der Waals surface area contributed by atoms with Crippen molar-refractivity contribution in [2.75, 3.05) is 32.6 Å². The van der Waals surface area contributed by atoms with E-state index in [2.05, 4.69) is 21.3 Å². The highest BCUT2D eigenvalue weighted by molar-refractivity contribution is 7.92. The molecule has 3 aliphatic rings. The van der Waals surface area contributed by atoms with Gasteiger partial charge in [0, 0.05) is 20.2 Å². The second-order valence-corrected chi connectivity index (χ2v) is 19.7. The molecule has 0 aromatic heterocycles. The summed E-state index contributed by atoms with van der Waals surface area (Å²) in [6.07, 6.45) is 4.32.